The number of Topliss-reactive ketones (excluding diaryl/α,β-unsaturated/α-hetero) is 2. The molecule has 10 atom stereocenters. The number of nitrogens with one attached hydrogen (secondary N) is 1. The standard InChI is InChI=1S/2C16H19N3O2.C16H17N3O2.CH5NO.CH4/c1-9-12-5-4-11-14(17-8-18-15(11)20-3)16(12,2)6-10-7-19-21-13(9)10;2*1-9-11-6-5-10-14(18-8-19-15(10)21-4)16(11,2)7-12(17-3)13(9)20;1-2-3;/h7-9,12H,4-6H2,1-3H3;8-9,11-12H,5-7H2,1-2,4H3;7-9,11H,5-6H2,1-2,4H3;2-3H,1H3;1H4/t9-,12-,16-;9-,11-,12?,16-;9-,11-,16-;;/m000../s1/i;;;;1T. The first kappa shape index (κ1) is 48.8. The lowest BCUT2D eigenvalue weighted by Crippen LogP contribution is -2.52. The number of allylic oxidation sites excluding steroid dienone is 2. The van der Waals surface area contributed by atoms with Crippen molar-refractivity contribution in [3.8, 4) is 17.6 Å². The molecule has 1 saturated carbocycles. The first-order chi connectivity index (χ1) is 32.6. The molecule has 0 aliphatic heterocycles. The van der Waals surface area contributed by atoms with Crippen molar-refractivity contribution in [1.82, 2.24) is 40.5 Å². The van der Waals surface area contributed by atoms with E-state index in [-0.39, 0.29) is 51.8 Å². The summed E-state index contributed by atoms with van der Waals surface area (Å²) in [5.74, 6) is 4.12. The molecule has 17 nitrogen and oxygen atoms in total. The van der Waals surface area contributed by atoms with Crippen molar-refractivity contribution >= 4 is 11.6 Å². The smallest absolute Gasteiger partial charge is 0.282 e. The number of hydrogen-bond donors (Lipinski definition) is 2. The van der Waals surface area contributed by atoms with E-state index in [0.717, 1.165) is 84.8 Å². The van der Waals surface area contributed by atoms with Crippen LogP contribution in [0, 0.1) is 42.7 Å². The fraction of sp³-hybridized carbons (Fsp3) is 0.580. The Kier molecular flexibility index (Phi) is 14.5. The van der Waals surface area contributed by atoms with E-state index < -0.39 is 11.5 Å². The van der Waals surface area contributed by atoms with Crippen LogP contribution in [0.25, 0.3) is 9.69 Å². The van der Waals surface area contributed by atoms with Gasteiger partial charge in [-0.3, -0.25) is 4.79 Å². The van der Waals surface area contributed by atoms with Gasteiger partial charge in [-0.2, -0.15) is 0 Å². The first-order valence-electron chi connectivity index (χ1n) is 23.6. The summed E-state index contributed by atoms with van der Waals surface area (Å²) < 4.78 is 27.4. The molecule has 1 fully saturated rings. The highest BCUT2D eigenvalue weighted by atomic mass is 16.5. The van der Waals surface area contributed by atoms with Crippen LogP contribution in [0.3, 0.4) is 0 Å². The van der Waals surface area contributed by atoms with Crippen LogP contribution in [0.4, 0.5) is 0 Å². The zero-order chi connectivity index (χ0) is 49.7. The van der Waals surface area contributed by atoms with E-state index in [1.54, 1.807) is 39.2 Å². The molecule has 4 aromatic rings. The molecule has 0 amide bonds. The Morgan fingerprint density at radius 2 is 1.24 bits per heavy atom. The van der Waals surface area contributed by atoms with Crippen LogP contribution in [0.15, 0.2) is 41.5 Å². The summed E-state index contributed by atoms with van der Waals surface area (Å²) in [5.41, 5.74) is 8.77. The lowest BCUT2D eigenvalue weighted by atomic mass is 9.55. The fourth-order valence-electron chi connectivity index (χ4n) is 12.5. The summed E-state index contributed by atoms with van der Waals surface area (Å²) in [6.07, 6.45) is 15.3. The summed E-state index contributed by atoms with van der Waals surface area (Å²) in [6, 6.07) is -0.548. The Morgan fingerprint density at radius 3 is 1.75 bits per heavy atom. The first-order valence-corrected chi connectivity index (χ1v) is 22.6. The van der Waals surface area contributed by atoms with Gasteiger partial charge in [-0.15, -0.1) is 0 Å². The number of nitrogens with zero attached hydrogens (tertiary/aromatic N) is 9. The van der Waals surface area contributed by atoms with Gasteiger partial charge in [-0.05, 0) is 62.7 Å². The Balaban J connectivity index is 0.000000160. The maximum atomic E-state index is 12.3. The van der Waals surface area contributed by atoms with Crippen LogP contribution < -0.4 is 19.7 Å². The summed E-state index contributed by atoms with van der Waals surface area (Å²) in [4.78, 5) is 57.8. The molecular weight excluding hydrogens is 853 g/mol. The summed E-state index contributed by atoms with van der Waals surface area (Å²) >= 11 is 0. The second kappa shape index (κ2) is 20.0. The molecule has 0 saturated heterocycles. The van der Waals surface area contributed by atoms with E-state index in [9.17, 15) is 9.59 Å². The van der Waals surface area contributed by atoms with Crippen LogP contribution in [0.5, 0.6) is 17.6 Å². The lowest BCUT2D eigenvalue weighted by molar-refractivity contribution is -0.129. The molecule has 6 aliphatic carbocycles. The van der Waals surface area contributed by atoms with Gasteiger partial charge in [0.1, 0.15) is 24.7 Å². The summed E-state index contributed by atoms with van der Waals surface area (Å²) in [5, 5.41) is 11.3. The third-order valence-corrected chi connectivity index (χ3v) is 15.6. The molecule has 67 heavy (non-hydrogen) atoms. The average Bonchev–Trinajstić information content (AvgIpc) is 3.83. The normalized spacial score (nSPS) is 30.3. The molecule has 17 heteroatoms. The van der Waals surface area contributed by atoms with Crippen molar-refractivity contribution in [2.24, 2.45) is 29.6 Å². The zero-order valence-corrected chi connectivity index (χ0v) is 40.5. The van der Waals surface area contributed by atoms with Crippen molar-refractivity contribution < 1.29 is 34.9 Å². The number of ketones is 2. The third-order valence-electron chi connectivity index (χ3n) is 15.6. The van der Waals surface area contributed by atoms with E-state index >= 15 is 0 Å². The highest BCUT2D eigenvalue weighted by Gasteiger charge is 2.56. The highest BCUT2D eigenvalue weighted by Crippen LogP contribution is 2.55. The highest BCUT2D eigenvalue weighted by molar-refractivity contribution is 6.00. The number of carbonyl (C=O) groups excluding carboxylic acids is 2. The predicted octanol–water partition coefficient (Wildman–Crippen LogP) is 7.41. The molecule has 4 heterocycles. The summed E-state index contributed by atoms with van der Waals surface area (Å²) in [6.45, 7) is 27.2. The summed E-state index contributed by atoms with van der Waals surface area (Å²) in [7, 11) is 7.58. The van der Waals surface area contributed by atoms with Crippen molar-refractivity contribution in [3.05, 3.63) is 105 Å². The van der Waals surface area contributed by atoms with Gasteiger partial charge in [0.15, 0.2) is 5.78 Å². The average molecular weight is 919 g/mol. The third kappa shape index (κ3) is 8.46. The zero-order valence-electron chi connectivity index (χ0n) is 41.5. The van der Waals surface area contributed by atoms with Crippen molar-refractivity contribution in [1.29, 1.82) is 0 Å². The van der Waals surface area contributed by atoms with Crippen molar-refractivity contribution in [2.45, 2.75) is 129 Å². The SMILES string of the molecule is CNO.COc1ncnc2c1CC[C@H]1[C@H](C)c3oncc3C[C@]21C.[3H]C.[C-]#[N+]C1=C[C@]2(C)c3ncnc(OC)c3CC[C@H]2[C@H](C)C1=O.[C-]#[N+]C1C[C@]2(C)c3ncnc(OC)c3CC[C@H]2[C@H](C)C1=O. The monoisotopic (exact) mass is 919 g/mol. The number of aromatic nitrogens is 7. The lowest BCUT2D eigenvalue weighted by Gasteiger charge is -2.47. The van der Waals surface area contributed by atoms with Gasteiger partial charge in [-0.25, -0.2) is 46.8 Å². The molecule has 356 valence electrons. The largest absolute Gasteiger partial charge is 0.481 e. The minimum atomic E-state index is -0.548. The number of carbonyl (C=O) groups is 2. The minimum absolute atomic E-state index is 0.00176. The molecule has 0 spiro atoms. The fourth-order valence-corrected chi connectivity index (χ4v) is 12.5. The molecule has 6 aliphatic rings. The Morgan fingerprint density at radius 1 is 0.761 bits per heavy atom. The van der Waals surface area contributed by atoms with Gasteiger partial charge in [0.25, 0.3) is 6.04 Å². The maximum absolute atomic E-state index is 12.3. The molecule has 0 aromatic carbocycles. The van der Waals surface area contributed by atoms with E-state index in [1.165, 1.54) is 38.2 Å². The number of hydrogen-bond acceptors (Lipinski definition) is 15. The predicted molar refractivity (Wildman–Crippen MR) is 247 cm³/mol. The molecule has 1 unspecified atom stereocenters. The Labute approximate surface area is 395 Å². The van der Waals surface area contributed by atoms with Crippen LogP contribution >= 0.6 is 0 Å². The van der Waals surface area contributed by atoms with E-state index in [1.807, 2.05) is 20.0 Å². The van der Waals surface area contributed by atoms with Crippen LogP contribution in [0.1, 0.15) is 127 Å². The minimum Gasteiger partial charge on any atom is -0.481 e. The molecule has 4 aromatic heterocycles. The van der Waals surface area contributed by atoms with Gasteiger partial charge < -0.3 is 33.6 Å². The Bertz CT molecular complexity index is 2610. The van der Waals surface area contributed by atoms with Crippen LogP contribution in [-0.2, 0) is 51.5 Å². The molecular formula is C50H64N10O7. The topological polar surface area (TPSA) is 206 Å². The second-order valence-electron chi connectivity index (χ2n) is 18.9. The number of methoxy groups -OCH3 is 3. The number of ether oxygens (including phenoxy) is 3. The number of rotatable bonds is 3. The molecule has 10 rings (SSSR count). The molecule has 0 bridgehead atoms. The Hall–Kier alpha value is -6.17. The van der Waals surface area contributed by atoms with E-state index in [4.69, 9.17) is 38.5 Å². The van der Waals surface area contributed by atoms with Crippen molar-refractivity contribution in [2.75, 3.05) is 28.4 Å². The molecule has 2 N–H and O–H groups in total. The van der Waals surface area contributed by atoms with Gasteiger partial charge in [0.05, 0.1) is 51.2 Å². The quantitative estimate of drug-likeness (QED) is 0.152. The van der Waals surface area contributed by atoms with Crippen LogP contribution in [-0.4, -0.2) is 86.3 Å². The van der Waals surface area contributed by atoms with E-state index in [0.29, 0.717) is 30.0 Å². The van der Waals surface area contributed by atoms with E-state index in [2.05, 4.69) is 72.4 Å². The van der Waals surface area contributed by atoms with Crippen LogP contribution in [0.2, 0.25) is 0 Å². The number of fused-ring (bicyclic) bond motifs is 10. The van der Waals surface area contributed by atoms with Gasteiger partial charge in [0, 0.05) is 71.1 Å². The number of hydroxylamine groups is 1. The van der Waals surface area contributed by atoms with Gasteiger partial charge in [-0.1, -0.05) is 60.2 Å². The van der Waals surface area contributed by atoms with Crippen molar-refractivity contribution in [3.63, 3.8) is 0 Å². The second-order valence-corrected chi connectivity index (χ2v) is 18.9. The molecule has 0 radical (unpaired) electrons. The maximum Gasteiger partial charge on any atom is 0.282 e. The van der Waals surface area contributed by atoms with Gasteiger partial charge in [0.2, 0.25) is 29.1 Å². The van der Waals surface area contributed by atoms with Gasteiger partial charge >= 0.3 is 0 Å².